The summed E-state index contributed by atoms with van der Waals surface area (Å²) in [5.41, 5.74) is 0. The molecule has 0 aromatic carbocycles. The Morgan fingerprint density at radius 3 is 1.03 bits per heavy atom. The summed E-state index contributed by atoms with van der Waals surface area (Å²) >= 11 is 0. The summed E-state index contributed by atoms with van der Waals surface area (Å²) in [6, 6.07) is 0. The highest BCUT2D eigenvalue weighted by atomic mass is 19.3. The second-order valence-electron chi connectivity index (χ2n) is 7.56. The fourth-order valence-corrected chi connectivity index (χ4v) is 3.38. The van der Waals surface area contributed by atoms with Gasteiger partial charge in [-0.25, -0.2) is 8.78 Å². The maximum Gasteiger partial charge on any atom is 0.249 e. The van der Waals surface area contributed by atoms with E-state index in [9.17, 15) is 8.78 Å². The Morgan fingerprint density at radius 1 is 0.633 bits per heavy atom. The fourth-order valence-electron chi connectivity index (χ4n) is 3.38. The van der Waals surface area contributed by atoms with E-state index in [0.29, 0.717) is 0 Å². The van der Waals surface area contributed by atoms with Crippen molar-refractivity contribution in [3.05, 3.63) is 0 Å². The highest BCUT2D eigenvalue weighted by Gasteiger charge is 2.07. The molecule has 1 N–H and O–H groups in total. The van der Waals surface area contributed by atoms with E-state index in [1.807, 2.05) is 27.7 Å². The van der Waals surface area contributed by atoms with E-state index in [1.165, 1.54) is 96.3 Å². The molecule has 3 aliphatic rings. The summed E-state index contributed by atoms with van der Waals surface area (Å²) in [7, 11) is 0. The topological polar surface area (TPSA) is 20.2 Å². The van der Waals surface area contributed by atoms with Crippen molar-refractivity contribution in [1.82, 2.24) is 0 Å². The average Bonchev–Trinajstić information content (AvgIpc) is 2.84. The first kappa shape index (κ1) is 34.0. The van der Waals surface area contributed by atoms with Gasteiger partial charge in [-0.2, -0.15) is 0 Å². The molecule has 3 aliphatic carbocycles. The molecule has 0 amide bonds. The SMILES string of the molecule is C1CCCCC1.C1CCCCC1.CC.CC.CC#CCC(F)F.OC1CCCCC1. The Hall–Kier alpha value is -0.620. The first-order valence-corrected chi connectivity index (χ1v) is 13.0. The van der Waals surface area contributed by atoms with Gasteiger partial charge in [0, 0.05) is 0 Å². The molecule has 0 spiro atoms. The van der Waals surface area contributed by atoms with E-state index in [1.54, 1.807) is 6.92 Å². The van der Waals surface area contributed by atoms with E-state index >= 15 is 0 Å². The number of halogens is 2. The third-order valence-electron chi connectivity index (χ3n) is 5.01. The number of aliphatic hydroxyl groups is 1. The highest BCUT2D eigenvalue weighted by Crippen LogP contribution is 2.17. The summed E-state index contributed by atoms with van der Waals surface area (Å²) in [5.74, 6) is 4.62. The molecule has 3 saturated carbocycles. The zero-order valence-electron chi connectivity index (χ0n) is 21.1. The standard InChI is InChI=1S/C6H12O.2C6H12.C5H6F2.2C2H6/c7-6-4-2-1-3-5-6;2*1-2-4-6-5-3-1;1-2-3-4-5(6)7;2*1-2/h6-7H,1-5H2;2*1-6H2;5H,4H2,1H3;2*1-2H3. The second kappa shape index (κ2) is 33.0. The van der Waals surface area contributed by atoms with Crippen molar-refractivity contribution in [2.45, 2.75) is 163 Å². The maximum atomic E-state index is 11.1. The van der Waals surface area contributed by atoms with Crippen molar-refractivity contribution >= 4 is 0 Å². The Kier molecular flexibility index (Phi) is 37.4. The van der Waals surface area contributed by atoms with E-state index in [0.717, 1.165) is 12.8 Å². The molecule has 0 atom stereocenters. The van der Waals surface area contributed by atoms with Crippen LogP contribution in [0.5, 0.6) is 0 Å². The summed E-state index contributed by atoms with van der Waals surface area (Å²) < 4.78 is 22.2. The summed E-state index contributed by atoms with van der Waals surface area (Å²) in [4.78, 5) is 0. The Labute approximate surface area is 188 Å². The summed E-state index contributed by atoms with van der Waals surface area (Å²) in [6.07, 6.45) is 21.4. The smallest absolute Gasteiger partial charge is 0.249 e. The molecule has 0 unspecified atom stereocenters. The van der Waals surface area contributed by atoms with E-state index in [4.69, 9.17) is 5.11 Å². The van der Waals surface area contributed by atoms with Gasteiger partial charge in [0.25, 0.3) is 0 Å². The normalized spacial score (nSPS) is 17.8. The van der Waals surface area contributed by atoms with Crippen LogP contribution in [0.3, 0.4) is 0 Å². The van der Waals surface area contributed by atoms with Crippen LogP contribution in [0.25, 0.3) is 0 Å². The summed E-state index contributed by atoms with van der Waals surface area (Å²) in [5, 5.41) is 8.91. The van der Waals surface area contributed by atoms with Gasteiger partial charge in [-0.15, -0.1) is 5.92 Å². The molecule has 3 heteroatoms. The molecule has 0 saturated heterocycles. The lowest BCUT2D eigenvalue weighted by molar-refractivity contribution is 0.130. The molecule has 0 aromatic rings. The molecule has 0 aromatic heterocycles. The molecular weight excluding hydrogens is 378 g/mol. The van der Waals surface area contributed by atoms with Gasteiger partial charge in [0.1, 0.15) is 0 Å². The second-order valence-corrected chi connectivity index (χ2v) is 7.56. The molecule has 3 fully saturated rings. The maximum absolute atomic E-state index is 11.1. The Balaban J connectivity index is -0.000000307. The number of aliphatic hydroxyl groups excluding tert-OH is 1. The lowest BCUT2D eigenvalue weighted by Crippen LogP contribution is -2.09. The monoisotopic (exact) mass is 432 g/mol. The third-order valence-corrected chi connectivity index (χ3v) is 5.01. The molecular formula is C27H54F2O. The number of hydrogen-bond acceptors (Lipinski definition) is 1. The molecule has 1 nitrogen and oxygen atoms in total. The third kappa shape index (κ3) is 34.9. The minimum atomic E-state index is -2.27. The van der Waals surface area contributed by atoms with Crippen LogP contribution in [0.4, 0.5) is 8.78 Å². The van der Waals surface area contributed by atoms with Crippen molar-refractivity contribution in [3.8, 4) is 11.8 Å². The molecule has 3 rings (SSSR count). The van der Waals surface area contributed by atoms with E-state index < -0.39 is 6.43 Å². The number of hydrogen-bond donors (Lipinski definition) is 1. The zero-order valence-corrected chi connectivity index (χ0v) is 21.1. The van der Waals surface area contributed by atoms with Crippen LogP contribution in [0.2, 0.25) is 0 Å². The van der Waals surface area contributed by atoms with Crippen LogP contribution in [0, 0.1) is 11.8 Å². The van der Waals surface area contributed by atoms with Crippen molar-refractivity contribution in [2.75, 3.05) is 0 Å². The van der Waals surface area contributed by atoms with Gasteiger partial charge in [0.15, 0.2) is 0 Å². The van der Waals surface area contributed by atoms with Gasteiger partial charge in [0.05, 0.1) is 12.5 Å². The minimum Gasteiger partial charge on any atom is -0.393 e. The fraction of sp³-hybridized carbons (Fsp3) is 0.926. The molecule has 30 heavy (non-hydrogen) atoms. The van der Waals surface area contributed by atoms with Crippen LogP contribution in [-0.4, -0.2) is 17.6 Å². The number of alkyl halides is 2. The Bertz CT molecular complexity index is 284. The first-order chi connectivity index (χ1) is 14.7. The lowest BCUT2D eigenvalue weighted by Gasteiger charge is -2.14. The average molecular weight is 433 g/mol. The summed E-state index contributed by atoms with van der Waals surface area (Å²) in [6.45, 7) is 9.54. The van der Waals surface area contributed by atoms with Gasteiger partial charge in [-0.3, -0.25) is 0 Å². The van der Waals surface area contributed by atoms with Crippen LogP contribution in [0.1, 0.15) is 150 Å². The van der Waals surface area contributed by atoms with Crippen molar-refractivity contribution in [3.63, 3.8) is 0 Å². The van der Waals surface area contributed by atoms with Gasteiger partial charge >= 0.3 is 0 Å². The van der Waals surface area contributed by atoms with Crippen molar-refractivity contribution in [2.24, 2.45) is 0 Å². The van der Waals surface area contributed by atoms with E-state index in [-0.39, 0.29) is 12.5 Å². The quantitative estimate of drug-likeness (QED) is 0.409. The van der Waals surface area contributed by atoms with Crippen molar-refractivity contribution in [1.29, 1.82) is 0 Å². The molecule has 0 aliphatic heterocycles. The Morgan fingerprint density at radius 2 is 0.900 bits per heavy atom. The minimum absolute atomic E-state index is 0.0359. The zero-order chi connectivity index (χ0) is 23.3. The first-order valence-electron chi connectivity index (χ1n) is 13.0. The van der Waals surface area contributed by atoms with Gasteiger partial charge in [-0.1, -0.05) is 130 Å². The predicted octanol–water partition coefficient (Wildman–Crippen LogP) is 9.71. The molecule has 0 bridgehead atoms. The van der Waals surface area contributed by atoms with Crippen LogP contribution >= 0.6 is 0 Å². The largest absolute Gasteiger partial charge is 0.393 e. The van der Waals surface area contributed by atoms with Gasteiger partial charge in [0.2, 0.25) is 6.43 Å². The van der Waals surface area contributed by atoms with Crippen molar-refractivity contribution < 1.29 is 13.9 Å². The molecule has 182 valence electrons. The van der Waals surface area contributed by atoms with Crippen LogP contribution in [0.15, 0.2) is 0 Å². The van der Waals surface area contributed by atoms with E-state index in [2.05, 4.69) is 11.8 Å². The van der Waals surface area contributed by atoms with Gasteiger partial charge < -0.3 is 5.11 Å². The number of rotatable bonds is 1. The van der Waals surface area contributed by atoms with Crippen LogP contribution in [-0.2, 0) is 0 Å². The van der Waals surface area contributed by atoms with Crippen LogP contribution < -0.4 is 0 Å². The molecule has 0 radical (unpaired) electrons. The predicted molar refractivity (Wildman–Crippen MR) is 131 cm³/mol. The van der Waals surface area contributed by atoms with Gasteiger partial charge in [-0.05, 0) is 19.8 Å². The highest BCUT2D eigenvalue weighted by molar-refractivity contribution is 4.95. The molecule has 0 heterocycles. The lowest BCUT2D eigenvalue weighted by atomic mass is 9.98.